The number of nitrogens with one attached hydrogen (secondary N) is 2. The molecule has 0 heterocycles. The van der Waals surface area contributed by atoms with Crippen molar-refractivity contribution in [2.45, 2.75) is 33.5 Å². The smallest absolute Gasteiger partial charge is 0.191 e. The van der Waals surface area contributed by atoms with Crippen LogP contribution in [0.25, 0.3) is 0 Å². The lowest BCUT2D eigenvalue weighted by molar-refractivity contribution is 0.184. The van der Waals surface area contributed by atoms with Gasteiger partial charge < -0.3 is 20.1 Å². The number of hydrogen-bond acceptors (Lipinski definition) is 3. The molecule has 0 saturated heterocycles. The highest BCUT2D eigenvalue weighted by Gasteiger charge is 2.05. The van der Waals surface area contributed by atoms with Crippen molar-refractivity contribution >= 4 is 29.9 Å². The monoisotopic (exact) mass is 483 g/mol. The standard InChI is InChI=1S/C21H29N3O2.HI/c1-5-22-21(23-13-17-8-6-7-9-19(17)15-25-3)24-14-18-11-10-16(2)12-20(18)26-4;/h6-12H,5,13-15H2,1-4H3,(H2,22,23,24);1H. The van der Waals surface area contributed by atoms with Gasteiger partial charge in [0.1, 0.15) is 5.75 Å². The lowest BCUT2D eigenvalue weighted by Gasteiger charge is -2.14. The highest BCUT2D eigenvalue weighted by molar-refractivity contribution is 14.0. The first-order valence-electron chi connectivity index (χ1n) is 8.89. The highest BCUT2D eigenvalue weighted by Crippen LogP contribution is 2.20. The predicted octanol–water partition coefficient (Wildman–Crippen LogP) is 4.02. The third-order valence-corrected chi connectivity index (χ3v) is 4.06. The SMILES string of the molecule is CCNC(=NCc1ccc(C)cc1OC)NCc1ccccc1COC.I. The molecule has 0 fully saturated rings. The van der Waals surface area contributed by atoms with Crippen LogP contribution < -0.4 is 15.4 Å². The van der Waals surface area contributed by atoms with Crippen molar-refractivity contribution in [2.24, 2.45) is 4.99 Å². The number of benzene rings is 2. The Morgan fingerprint density at radius 2 is 1.74 bits per heavy atom. The third-order valence-electron chi connectivity index (χ3n) is 4.06. The van der Waals surface area contributed by atoms with E-state index in [0.717, 1.165) is 23.8 Å². The molecule has 0 aliphatic rings. The van der Waals surface area contributed by atoms with Gasteiger partial charge in [-0.05, 0) is 36.6 Å². The number of nitrogens with zero attached hydrogens (tertiary/aromatic N) is 1. The maximum atomic E-state index is 5.47. The quantitative estimate of drug-likeness (QED) is 0.339. The van der Waals surface area contributed by atoms with E-state index < -0.39 is 0 Å². The van der Waals surface area contributed by atoms with Gasteiger partial charge in [-0.1, -0.05) is 36.4 Å². The van der Waals surface area contributed by atoms with Crippen molar-refractivity contribution < 1.29 is 9.47 Å². The molecule has 5 nitrogen and oxygen atoms in total. The van der Waals surface area contributed by atoms with Gasteiger partial charge in [-0.15, -0.1) is 24.0 Å². The number of rotatable bonds is 8. The predicted molar refractivity (Wildman–Crippen MR) is 122 cm³/mol. The Kier molecular flexibility index (Phi) is 10.8. The number of methoxy groups -OCH3 is 2. The second-order valence-corrected chi connectivity index (χ2v) is 6.07. The Hall–Kier alpha value is -1.80. The Balaban J connectivity index is 0.00000364. The van der Waals surface area contributed by atoms with E-state index in [1.165, 1.54) is 16.7 Å². The van der Waals surface area contributed by atoms with Gasteiger partial charge >= 0.3 is 0 Å². The highest BCUT2D eigenvalue weighted by atomic mass is 127. The minimum Gasteiger partial charge on any atom is -0.496 e. The first kappa shape index (κ1) is 23.2. The summed E-state index contributed by atoms with van der Waals surface area (Å²) in [6, 6.07) is 14.4. The summed E-state index contributed by atoms with van der Waals surface area (Å²) in [5.41, 5.74) is 4.62. The Labute approximate surface area is 179 Å². The molecule has 0 spiro atoms. The van der Waals surface area contributed by atoms with Gasteiger partial charge in [-0.2, -0.15) is 0 Å². The van der Waals surface area contributed by atoms with E-state index in [-0.39, 0.29) is 24.0 Å². The van der Waals surface area contributed by atoms with Crippen LogP contribution in [0, 0.1) is 6.92 Å². The first-order valence-corrected chi connectivity index (χ1v) is 8.89. The molecule has 2 N–H and O–H groups in total. The summed E-state index contributed by atoms with van der Waals surface area (Å²) < 4.78 is 10.7. The van der Waals surface area contributed by atoms with E-state index in [2.05, 4.69) is 48.7 Å². The summed E-state index contributed by atoms with van der Waals surface area (Å²) in [5.74, 6) is 1.65. The van der Waals surface area contributed by atoms with Crippen LogP contribution >= 0.6 is 24.0 Å². The Bertz CT molecular complexity index is 735. The maximum Gasteiger partial charge on any atom is 0.191 e. The van der Waals surface area contributed by atoms with Gasteiger partial charge in [0.15, 0.2) is 5.96 Å². The summed E-state index contributed by atoms with van der Waals surface area (Å²) in [7, 11) is 3.41. The molecule has 0 atom stereocenters. The number of halogens is 1. The van der Waals surface area contributed by atoms with E-state index in [1.54, 1.807) is 14.2 Å². The molecule has 6 heteroatoms. The van der Waals surface area contributed by atoms with E-state index in [0.29, 0.717) is 19.7 Å². The molecule has 2 aromatic carbocycles. The minimum absolute atomic E-state index is 0. The van der Waals surface area contributed by atoms with Crippen molar-refractivity contribution in [3.63, 3.8) is 0 Å². The van der Waals surface area contributed by atoms with Gasteiger partial charge in [0.25, 0.3) is 0 Å². The summed E-state index contributed by atoms with van der Waals surface area (Å²) in [5, 5.41) is 6.69. The van der Waals surface area contributed by atoms with Crippen LogP contribution in [0.5, 0.6) is 5.75 Å². The Morgan fingerprint density at radius 3 is 2.41 bits per heavy atom. The Morgan fingerprint density at radius 1 is 1.00 bits per heavy atom. The van der Waals surface area contributed by atoms with Crippen LogP contribution in [0.15, 0.2) is 47.5 Å². The molecule has 0 aliphatic heterocycles. The normalized spacial score (nSPS) is 10.9. The van der Waals surface area contributed by atoms with E-state index in [9.17, 15) is 0 Å². The summed E-state index contributed by atoms with van der Waals surface area (Å²) in [4.78, 5) is 4.70. The number of ether oxygens (including phenoxy) is 2. The molecular formula is C21H30IN3O2. The van der Waals surface area contributed by atoms with Crippen molar-refractivity contribution in [3.05, 3.63) is 64.7 Å². The van der Waals surface area contributed by atoms with Crippen molar-refractivity contribution in [3.8, 4) is 5.75 Å². The number of hydrogen-bond donors (Lipinski definition) is 2. The summed E-state index contributed by atoms with van der Waals surface area (Å²) in [6.07, 6.45) is 0. The van der Waals surface area contributed by atoms with Crippen LogP contribution in [0.4, 0.5) is 0 Å². The second kappa shape index (κ2) is 12.6. The fourth-order valence-electron chi connectivity index (χ4n) is 2.69. The number of guanidine groups is 1. The molecule has 0 aliphatic carbocycles. The summed E-state index contributed by atoms with van der Waals surface area (Å²) >= 11 is 0. The molecule has 2 rings (SSSR count). The fraction of sp³-hybridized carbons (Fsp3) is 0.381. The molecule has 0 bridgehead atoms. The van der Waals surface area contributed by atoms with Crippen LogP contribution in [0.1, 0.15) is 29.2 Å². The van der Waals surface area contributed by atoms with E-state index in [1.807, 2.05) is 18.2 Å². The topological polar surface area (TPSA) is 54.9 Å². The summed E-state index contributed by atoms with van der Waals surface area (Å²) in [6.45, 7) is 6.76. The average Bonchev–Trinajstić information content (AvgIpc) is 2.66. The van der Waals surface area contributed by atoms with Gasteiger partial charge in [0.2, 0.25) is 0 Å². The van der Waals surface area contributed by atoms with Crippen molar-refractivity contribution in [2.75, 3.05) is 20.8 Å². The lowest BCUT2D eigenvalue weighted by Crippen LogP contribution is -2.37. The zero-order chi connectivity index (χ0) is 18.8. The molecule has 2 aromatic rings. The minimum atomic E-state index is 0. The second-order valence-electron chi connectivity index (χ2n) is 6.07. The molecule has 27 heavy (non-hydrogen) atoms. The van der Waals surface area contributed by atoms with Crippen molar-refractivity contribution in [1.29, 1.82) is 0 Å². The van der Waals surface area contributed by atoms with Crippen LogP contribution in [-0.2, 0) is 24.4 Å². The molecule has 0 radical (unpaired) electrons. The van der Waals surface area contributed by atoms with Gasteiger partial charge in [-0.25, -0.2) is 4.99 Å². The van der Waals surface area contributed by atoms with E-state index in [4.69, 9.17) is 14.5 Å². The molecule has 0 unspecified atom stereocenters. The van der Waals surface area contributed by atoms with E-state index >= 15 is 0 Å². The lowest BCUT2D eigenvalue weighted by atomic mass is 10.1. The maximum absolute atomic E-state index is 5.47. The van der Waals surface area contributed by atoms with Crippen LogP contribution in [0.3, 0.4) is 0 Å². The molecule has 148 valence electrons. The van der Waals surface area contributed by atoms with Gasteiger partial charge in [0.05, 0.1) is 20.3 Å². The van der Waals surface area contributed by atoms with Gasteiger partial charge in [-0.3, -0.25) is 0 Å². The molecular weight excluding hydrogens is 453 g/mol. The molecule has 0 amide bonds. The zero-order valence-electron chi connectivity index (χ0n) is 16.5. The van der Waals surface area contributed by atoms with Crippen LogP contribution in [-0.4, -0.2) is 26.7 Å². The van der Waals surface area contributed by atoms with Gasteiger partial charge in [0, 0.05) is 25.8 Å². The average molecular weight is 483 g/mol. The van der Waals surface area contributed by atoms with Crippen molar-refractivity contribution in [1.82, 2.24) is 10.6 Å². The van der Waals surface area contributed by atoms with Crippen LogP contribution in [0.2, 0.25) is 0 Å². The largest absolute Gasteiger partial charge is 0.496 e. The first-order chi connectivity index (χ1) is 12.7. The molecule has 0 saturated carbocycles. The molecule has 0 aromatic heterocycles. The number of aryl methyl sites for hydroxylation is 1. The fourth-order valence-corrected chi connectivity index (χ4v) is 2.69. The zero-order valence-corrected chi connectivity index (χ0v) is 18.9. The number of aliphatic imine (C=N–C) groups is 1. The third kappa shape index (κ3) is 7.38.